The van der Waals surface area contributed by atoms with Crippen molar-refractivity contribution in [2.24, 2.45) is 0 Å². The Morgan fingerprint density at radius 2 is 1.91 bits per heavy atom. The lowest BCUT2D eigenvalue weighted by molar-refractivity contribution is 0.415. The minimum absolute atomic E-state index is 0.407. The number of rotatable bonds is 5. The van der Waals surface area contributed by atoms with E-state index in [2.05, 4.69) is 41.7 Å². The van der Waals surface area contributed by atoms with Crippen LogP contribution < -0.4 is 15.4 Å². The second-order valence-electron chi connectivity index (χ2n) is 4.63. The number of halogens is 1. The zero-order valence-corrected chi connectivity index (χ0v) is 13.9. The Morgan fingerprint density at radius 1 is 1.04 bits per heavy atom. The van der Waals surface area contributed by atoms with Gasteiger partial charge in [-0.15, -0.1) is 5.10 Å². The number of hydrogen-bond donors (Lipinski definition) is 2. The van der Waals surface area contributed by atoms with Gasteiger partial charge in [0.25, 0.3) is 0 Å². The van der Waals surface area contributed by atoms with E-state index in [9.17, 15) is 0 Å². The minimum Gasteiger partial charge on any atom is -0.497 e. The Morgan fingerprint density at radius 3 is 2.74 bits per heavy atom. The molecule has 6 nitrogen and oxygen atoms in total. The van der Waals surface area contributed by atoms with Gasteiger partial charge in [0.2, 0.25) is 5.95 Å². The van der Waals surface area contributed by atoms with Crippen LogP contribution in [-0.4, -0.2) is 22.3 Å². The average molecular weight is 372 g/mol. The molecule has 0 aliphatic rings. The van der Waals surface area contributed by atoms with Gasteiger partial charge in [0.05, 0.1) is 19.0 Å². The van der Waals surface area contributed by atoms with E-state index in [-0.39, 0.29) is 0 Å². The molecule has 0 atom stereocenters. The van der Waals surface area contributed by atoms with Gasteiger partial charge >= 0.3 is 0 Å². The molecule has 2 aromatic carbocycles. The molecule has 0 bridgehead atoms. The van der Waals surface area contributed by atoms with E-state index in [1.807, 2.05) is 48.5 Å². The number of methoxy groups -OCH3 is 1. The van der Waals surface area contributed by atoms with E-state index in [0.29, 0.717) is 11.8 Å². The summed E-state index contributed by atoms with van der Waals surface area (Å²) in [5.41, 5.74) is 1.73. The second kappa shape index (κ2) is 7.06. The van der Waals surface area contributed by atoms with Crippen LogP contribution in [0.25, 0.3) is 0 Å². The first-order chi connectivity index (χ1) is 11.2. The van der Waals surface area contributed by atoms with Gasteiger partial charge < -0.3 is 15.4 Å². The molecule has 0 aliphatic heterocycles. The molecule has 0 amide bonds. The van der Waals surface area contributed by atoms with Crippen LogP contribution in [0.5, 0.6) is 5.75 Å². The summed E-state index contributed by atoms with van der Waals surface area (Å²) < 4.78 is 6.13. The average Bonchev–Trinajstić information content (AvgIpc) is 2.57. The van der Waals surface area contributed by atoms with Crippen molar-refractivity contribution in [2.75, 3.05) is 17.7 Å². The SMILES string of the molecule is COc1cccc(Nc2cnnc(Nc3ccccc3Br)n2)c1. The highest BCUT2D eigenvalue weighted by molar-refractivity contribution is 9.10. The standard InChI is InChI=1S/C16H14BrN5O/c1-23-12-6-4-5-11(9-12)19-15-10-18-22-16(21-15)20-14-8-3-2-7-13(14)17/h2-10H,1H3,(H2,19,20,21,22). The Bertz CT molecular complexity index is 812. The van der Waals surface area contributed by atoms with E-state index in [4.69, 9.17) is 4.74 Å². The summed E-state index contributed by atoms with van der Waals surface area (Å²) in [5.74, 6) is 1.76. The molecular formula is C16H14BrN5O. The van der Waals surface area contributed by atoms with Crippen LogP contribution in [0.4, 0.5) is 23.1 Å². The molecule has 3 aromatic rings. The first-order valence-corrected chi connectivity index (χ1v) is 7.66. The Balaban J connectivity index is 1.78. The molecule has 1 aromatic heterocycles. The second-order valence-corrected chi connectivity index (χ2v) is 5.48. The zero-order valence-electron chi connectivity index (χ0n) is 12.3. The molecule has 3 rings (SSSR count). The fourth-order valence-electron chi connectivity index (χ4n) is 1.95. The molecule has 2 N–H and O–H groups in total. The number of nitrogens with zero attached hydrogens (tertiary/aromatic N) is 3. The third-order valence-electron chi connectivity index (χ3n) is 3.02. The molecular weight excluding hydrogens is 358 g/mol. The third-order valence-corrected chi connectivity index (χ3v) is 3.71. The molecule has 0 spiro atoms. The number of anilines is 4. The van der Waals surface area contributed by atoms with Crippen LogP contribution >= 0.6 is 15.9 Å². The van der Waals surface area contributed by atoms with Crippen molar-refractivity contribution in [3.8, 4) is 5.75 Å². The smallest absolute Gasteiger partial charge is 0.249 e. The number of benzene rings is 2. The van der Waals surface area contributed by atoms with Crippen molar-refractivity contribution >= 4 is 39.1 Å². The molecule has 0 saturated heterocycles. The highest BCUT2D eigenvalue weighted by Crippen LogP contribution is 2.24. The number of aromatic nitrogens is 3. The molecule has 0 aliphatic carbocycles. The van der Waals surface area contributed by atoms with Gasteiger partial charge in [-0.25, -0.2) is 0 Å². The van der Waals surface area contributed by atoms with Crippen molar-refractivity contribution in [3.05, 3.63) is 59.2 Å². The topological polar surface area (TPSA) is 72.0 Å². The van der Waals surface area contributed by atoms with Gasteiger partial charge in [0, 0.05) is 16.2 Å². The van der Waals surface area contributed by atoms with Crippen LogP contribution in [0, 0.1) is 0 Å². The van der Waals surface area contributed by atoms with Crippen molar-refractivity contribution in [1.82, 2.24) is 15.2 Å². The summed E-state index contributed by atoms with van der Waals surface area (Å²) >= 11 is 3.47. The first-order valence-electron chi connectivity index (χ1n) is 6.87. The lowest BCUT2D eigenvalue weighted by Crippen LogP contribution is -2.02. The summed E-state index contributed by atoms with van der Waals surface area (Å²) in [7, 11) is 1.63. The zero-order chi connectivity index (χ0) is 16.1. The lowest BCUT2D eigenvalue weighted by Gasteiger charge is -2.09. The third kappa shape index (κ3) is 3.95. The van der Waals surface area contributed by atoms with Crippen molar-refractivity contribution in [3.63, 3.8) is 0 Å². The van der Waals surface area contributed by atoms with Crippen LogP contribution in [0.15, 0.2) is 59.2 Å². The predicted octanol–water partition coefficient (Wildman–Crippen LogP) is 4.13. The van der Waals surface area contributed by atoms with Crippen LogP contribution in [0.3, 0.4) is 0 Å². The molecule has 7 heteroatoms. The molecule has 0 saturated carbocycles. The first kappa shape index (κ1) is 15.2. The highest BCUT2D eigenvalue weighted by Gasteiger charge is 2.04. The normalized spacial score (nSPS) is 10.2. The number of para-hydroxylation sites is 1. The van der Waals surface area contributed by atoms with Gasteiger partial charge in [-0.1, -0.05) is 18.2 Å². The number of ether oxygens (including phenoxy) is 1. The summed E-state index contributed by atoms with van der Waals surface area (Å²) in [6, 6.07) is 15.3. The highest BCUT2D eigenvalue weighted by atomic mass is 79.9. The van der Waals surface area contributed by atoms with Gasteiger partial charge in [0.1, 0.15) is 5.75 Å². The van der Waals surface area contributed by atoms with Crippen molar-refractivity contribution in [1.29, 1.82) is 0 Å². The summed E-state index contributed by atoms with van der Waals surface area (Å²) in [6.45, 7) is 0. The summed E-state index contributed by atoms with van der Waals surface area (Å²) in [6.07, 6.45) is 1.56. The monoisotopic (exact) mass is 371 g/mol. The molecule has 0 radical (unpaired) electrons. The molecule has 23 heavy (non-hydrogen) atoms. The van der Waals surface area contributed by atoms with Gasteiger partial charge in [0.15, 0.2) is 5.82 Å². The van der Waals surface area contributed by atoms with Gasteiger partial charge in [-0.3, -0.25) is 0 Å². The molecule has 0 unspecified atom stereocenters. The maximum absolute atomic E-state index is 5.20. The fraction of sp³-hybridized carbons (Fsp3) is 0.0625. The maximum Gasteiger partial charge on any atom is 0.249 e. The van der Waals surface area contributed by atoms with E-state index in [1.165, 1.54) is 0 Å². The number of hydrogen-bond acceptors (Lipinski definition) is 6. The number of nitrogens with one attached hydrogen (secondary N) is 2. The maximum atomic E-state index is 5.20. The van der Waals surface area contributed by atoms with E-state index >= 15 is 0 Å². The molecule has 1 heterocycles. The van der Waals surface area contributed by atoms with E-state index < -0.39 is 0 Å². The quantitative estimate of drug-likeness (QED) is 0.702. The van der Waals surface area contributed by atoms with E-state index in [0.717, 1.165) is 21.6 Å². The predicted molar refractivity (Wildman–Crippen MR) is 93.5 cm³/mol. The largest absolute Gasteiger partial charge is 0.497 e. The molecule has 116 valence electrons. The summed E-state index contributed by atoms with van der Waals surface area (Å²) in [4.78, 5) is 4.40. The van der Waals surface area contributed by atoms with E-state index in [1.54, 1.807) is 13.3 Å². The van der Waals surface area contributed by atoms with Gasteiger partial charge in [-0.2, -0.15) is 10.1 Å². The van der Waals surface area contributed by atoms with Crippen LogP contribution in [-0.2, 0) is 0 Å². The summed E-state index contributed by atoms with van der Waals surface area (Å²) in [5, 5.41) is 14.3. The van der Waals surface area contributed by atoms with Crippen LogP contribution in [0.1, 0.15) is 0 Å². The van der Waals surface area contributed by atoms with Crippen molar-refractivity contribution in [2.45, 2.75) is 0 Å². The Kier molecular flexibility index (Phi) is 4.68. The Labute approximate surface area is 142 Å². The van der Waals surface area contributed by atoms with Crippen LogP contribution in [0.2, 0.25) is 0 Å². The fourth-order valence-corrected chi connectivity index (χ4v) is 2.33. The van der Waals surface area contributed by atoms with Crippen molar-refractivity contribution < 1.29 is 4.74 Å². The van der Waals surface area contributed by atoms with Gasteiger partial charge in [-0.05, 0) is 40.2 Å². The molecule has 0 fully saturated rings. The Hall–Kier alpha value is -2.67. The lowest BCUT2D eigenvalue weighted by atomic mass is 10.3. The minimum atomic E-state index is 0.407.